The van der Waals surface area contributed by atoms with Gasteiger partial charge in [0.1, 0.15) is 9.84 Å². The standard InChI is InChI=1S/C71H120ClF3N12O3S/c1-13-51(4)65-45-80-64(31-42-91(12,89)90)53(6)79-46-66-67(69(88)85-38-20-15-21-39-85)56(9)87(66)68(50(2)3)54(7)82-70(32-18-19-33-70)49-77-36-35-76-34-30-59(28-26-58-27-29-62(63(72)44-58)71(73,74)75)78-37-41-83(10)47-61(43-57-23-16-14-17-24-57)84(11)48-60-25-22-40-86(60)55(8)52(5)81-65/h27,29-30,34,37,41,44,47-48,50-57,64-68,77-82H,13-26,28,31-33,35-36,38-40,42-43,45-46,49H2,1-12H3/t51-,52?,53?,54?,55-,56?,64-,65+,66?,67-,68-/m0/s1. The van der Waals surface area contributed by atoms with Crippen molar-refractivity contribution in [3.63, 3.8) is 0 Å². The van der Waals surface area contributed by atoms with Crippen molar-refractivity contribution in [2.75, 3.05) is 78.5 Å². The summed E-state index contributed by atoms with van der Waals surface area (Å²) in [6, 6.07) is 4.55. The van der Waals surface area contributed by atoms with Crippen LogP contribution in [-0.4, -0.2) is 183 Å². The molecule has 1 aromatic rings. The van der Waals surface area contributed by atoms with Crippen LogP contribution in [-0.2, 0) is 27.2 Å². The molecule has 0 bridgehead atoms. The molecule has 15 nitrogen and oxygen atoms in total. The van der Waals surface area contributed by atoms with Crippen molar-refractivity contribution < 1.29 is 26.4 Å². The van der Waals surface area contributed by atoms with Gasteiger partial charge in [0.15, 0.2) is 0 Å². The highest BCUT2D eigenvalue weighted by Gasteiger charge is 2.55. The predicted molar refractivity (Wildman–Crippen MR) is 371 cm³/mol. The van der Waals surface area contributed by atoms with Crippen molar-refractivity contribution in [1.82, 2.24) is 56.4 Å². The van der Waals surface area contributed by atoms with E-state index in [1.807, 2.05) is 24.7 Å². The Morgan fingerprint density at radius 3 is 2.24 bits per heavy atom. The molecule has 2 saturated carbocycles. The quantitative estimate of drug-likeness (QED) is 0.118. The fourth-order valence-electron chi connectivity index (χ4n) is 15.8. The highest BCUT2D eigenvalue weighted by atomic mass is 35.5. The molecule has 6 aliphatic rings. The third-order valence-electron chi connectivity index (χ3n) is 21.5. The SMILES string of the molecule is CC[C@H](C)[C@H]1CN[C@@H](CCS(C)(=O)=O)C(C)NCC2[C@@H](C(=O)N3CCCCC3)C(C)N2[C@@H](C(C)C)C(C)NC2(CCCC2)CNCCN=CC=C(CCc2ccc(C(F)(F)F)c(Cl)c2)NC=CN(C)C=C(CC2CCCCC2)N(C)C=C2CCCN2[C@@H](C)C(C)N1. The molecule has 516 valence electrons. The number of allylic oxidation sites excluding steroid dienone is 4. The van der Waals surface area contributed by atoms with Gasteiger partial charge in [-0.1, -0.05) is 96.7 Å². The zero-order valence-electron chi connectivity index (χ0n) is 57.8. The van der Waals surface area contributed by atoms with Gasteiger partial charge in [0, 0.05) is 174 Å². The van der Waals surface area contributed by atoms with E-state index >= 15 is 0 Å². The number of rotatable bonds is 12. The van der Waals surface area contributed by atoms with Gasteiger partial charge >= 0.3 is 6.18 Å². The first-order valence-corrected chi connectivity index (χ1v) is 37.8. The first-order valence-electron chi connectivity index (χ1n) is 35.3. The summed E-state index contributed by atoms with van der Waals surface area (Å²) in [6.07, 6.45) is 28.6. The number of hydrogen-bond acceptors (Lipinski definition) is 14. The molecule has 5 unspecified atom stereocenters. The van der Waals surface area contributed by atoms with Gasteiger partial charge in [0.05, 0.1) is 28.8 Å². The summed E-state index contributed by atoms with van der Waals surface area (Å²) in [5, 5.41) is 23.3. The maximum absolute atomic E-state index is 14.8. The summed E-state index contributed by atoms with van der Waals surface area (Å²) < 4.78 is 66.9. The second-order valence-electron chi connectivity index (χ2n) is 28.9. The number of nitrogens with one attached hydrogen (secondary N) is 6. The van der Waals surface area contributed by atoms with Crippen LogP contribution in [0.2, 0.25) is 5.02 Å². The van der Waals surface area contributed by atoms with E-state index in [0.29, 0.717) is 68.8 Å². The van der Waals surface area contributed by atoms with Crippen LogP contribution in [0, 0.1) is 23.7 Å². The molecule has 2 aliphatic carbocycles. The van der Waals surface area contributed by atoms with Crippen LogP contribution >= 0.6 is 11.6 Å². The first-order chi connectivity index (χ1) is 43.3. The minimum Gasteiger partial charge on any atom is -0.369 e. The smallest absolute Gasteiger partial charge is 0.369 e. The lowest BCUT2D eigenvalue weighted by Gasteiger charge is -2.60. The molecule has 0 radical (unpaired) electrons. The summed E-state index contributed by atoms with van der Waals surface area (Å²) in [4.78, 5) is 31.5. The maximum Gasteiger partial charge on any atom is 0.417 e. The number of nitrogens with zero attached hydrogens (tertiary/aromatic N) is 6. The molecule has 6 N–H and O–H groups in total. The molecule has 4 heterocycles. The number of alkyl halides is 3. The van der Waals surface area contributed by atoms with E-state index in [1.165, 1.54) is 61.9 Å². The molecule has 91 heavy (non-hydrogen) atoms. The molecule has 4 aliphatic heterocycles. The summed E-state index contributed by atoms with van der Waals surface area (Å²) >= 11 is 6.20. The number of sulfone groups is 1. The summed E-state index contributed by atoms with van der Waals surface area (Å²) in [6.45, 7) is 26.7. The molecule has 1 spiro atoms. The van der Waals surface area contributed by atoms with Crippen LogP contribution < -0.4 is 31.9 Å². The van der Waals surface area contributed by atoms with Crippen LogP contribution in [0.5, 0.6) is 0 Å². The van der Waals surface area contributed by atoms with E-state index in [-0.39, 0.29) is 82.5 Å². The molecule has 7 rings (SSSR count). The Morgan fingerprint density at radius 2 is 1.57 bits per heavy atom. The normalized spacial score (nSPS) is 29.8. The number of carbonyl (C=O) groups excluding carboxylic acids is 1. The molecule has 11 atom stereocenters. The Balaban J connectivity index is 1.20. The van der Waals surface area contributed by atoms with Gasteiger partial charge in [-0.15, -0.1) is 0 Å². The van der Waals surface area contributed by atoms with Crippen LogP contribution in [0.4, 0.5) is 13.2 Å². The molecular formula is C71H120ClF3N12O3S. The van der Waals surface area contributed by atoms with Gasteiger partial charge in [-0.05, 0) is 147 Å². The van der Waals surface area contributed by atoms with E-state index < -0.39 is 21.6 Å². The topological polar surface area (TPSA) is 152 Å². The van der Waals surface area contributed by atoms with Gasteiger partial charge in [0.2, 0.25) is 5.91 Å². The van der Waals surface area contributed by atoms with Crippen molar-refractivity contribution >= 4 is 33.6 Å². The number of halogens is 4. The Labute approximate surface area is 553 Å². The molecular weight excluding hydrogens is 1190 g/mol. The number of aryl methyl sites for hydroxylation is 1. The highest BCUT2D eigenvalue weighted by Crippen LogP contribution is 2.41. The Kier molecular flexibility index (Phi) is 29.0. The Morgan fingerprint density at radius 1 is 0.857 bits per heavy atom. The zero-order chi connectivity index (χ0) is 66.0. The Bertz CT molecular complexity index is 2690. The fraction of sp³-hybridized carbons (Fsp3) is 0.775. The third-order valence-corrected chi connectivity index (χ3v) is 22.8. The van der Waals surface area contributed by atoms with Gasteiger partial charge in [0.25, 0.3) is 0 Å². The van der Waals surface area contributed by atoms with Crippen molar-refractivity contribution in [3.05, 3.63) is 82.3 Å². The number of amides is 1. The fourth-order valence-corrected chi connectivity index (χ4v) is 16.8. The lowest BCUT2D eigenvalue weighted by molar-refractivity contribution is -0.162. The molecule has 1 amide bonds. The Hall–Kier alpha value is -3.69. The van der Waals surface area contributed by atoms with Gasteiger partial charge in [-0.2, -0.15) is 13.2 Å². The number of fused-ring (bicyclic) bond motifs is 2. The van der Waals surface area contributed by atoms with E-state index in [1.54, 1.807) is 0 Å². The molecule has 0 aromatic heterocycles. The van der Waals surface area contributed by atoms with Crippen LogP contribution in [0.1, 0.15) is 189 Å². The minimum atomic E-state index is -4.53. The number of carbonyl (C=O) groups is 1. The van der Waals surface area contributed by atoms with Crippen molar-refractivity contribution in [2.45, 2.75) is 250 Å². The average Bonchev–Trinajstić information content (AvgIpc) is 1.05. The molecule has 1 aromatic carbocycles. The van der Waals surface area contributed by atoms with Gasteiger partial charge in [-0.3, -0.25) is 14.7 Å². The predicted octanol–water partition coefficient (Wildman–Crippen LogP) is 11.7. The number of hydrogen-bond donors (Lipinski definition) is 6. The van der Waals surface area contributed by atoms with E-state index in [2.05, 4.69) is 145 Å². The number of benzene rings is 1. The van der Waals surface area contributed by atoms with Crippen molar-refractivity contribution in [1.29, 1.82) is 0 Å². The van der Waals surface area contributed by atoms with Crippen molar-refractivity contribution in [3.8, 4) is 0 Å². The number of aliphatic imine (C=N–C) groups is 1. The van der Waals surface area contributed by atoms with Crippen LogP contribution in [0.15, 0.2) is 71.2 Å². The third kappa shape index (κ3) is 21.9. The second-order valence-corrected chi connectivity index (χ2v) is 31.5. The highest BCUT2D eigenvalue weighted by molar-refractivity contribution is 7.90. The molecule has 3 saturated heterocycles. The second kappa shape index (κ2) is 35.3. The van der Waals surface area contributed by atoms with Crippen molar-refractivity contribution in [2.24, 2.45) is 28.7 Å². The van der Waals surface area contributed by atoms with Crippen LogP contribution in [0.3, 0.4) is 0 Å². The lowest BCUT2D eigenvalue weighted by Crippen LogP contribution is -2.76. The average molecular weight is 1310 g/mol. The monoisotopic (exact) mass is 1310 g/mol. The maximum atomic E-state index is 14.8. The number of piperidine rings is 1. The van der Waals surface area contributed by atoms with Gasteiger partial charge < -0.3 is 51.5 Å². The summed E-state index contributed by atoms with van der Waals surface area (Å²) in [5.41, 5.74) is 3.23. The minimum absolute atomic E-state index is 0.0384. The largest absolute Gasteiger partial charge is 0.417 e. The van der Waals surface area contributed by atoms with Crippen LogP contribution in [0.25, 0.3) is 0 Å². The summed E-state index contributed by atoms with van der Waals surface area (Å²) in [5.74, 6) is 1.46. The summed E-state index contributed by atoms with van der Waals surface area (Å²) in [7, 11) is 1.02. The van der Waals surface area contributed by atoms with E-state index in [0.717, 1.165) is 109 Å². The van der Waals surface area contributed by atoms with E-state index in [9.17, 15) is 26.4 Å². The molecule has 20 heteroatoms. The number of likely N-dealkylation sites (tertiary alicyclic amines) is 1. The zero-order valence-corrected chi connectivity index (χ0v) is 59.4. The van der Waals surface area contributed by atoms with E-state index in [4.69, 9.17) is 16.6 Å². The van der Waals surface area contributed by atoms with Gasteiger partial charge in [-0.25, -0.2) is 8.42 Å². The molecule has 5 fully saturated rings. The first kappa shape index (κ1) is 74.7. The lowest BCUT2D eigenvalue weighted by atomic mass is 9.74.